The second-order valence-electron chi connectivity index (χ2n) is 7.27. The smallest absolute Gasteiger partial charge is 0.337 e. The van der Waals surface area contributed by atoms with Crippen LogP contribution in [0.2, 0.25) is 0 Å². The first-order chi connectivity index (χ1) is 14.1. The summed E-state index contributed by atoms with van der Waals surface area (Å²) in [6.07, 6.45) is 5.71. The topological polar surface area (TPSA) is 81.4 Å². The van der Waals surface area contributed by atoms with Crippen molar-refractivity contribution >= 4 is 5.97 Å². The highest BCUT2D eigenvalue weighted by atomic mass is 16.5. The molecule has 1 heterocycles. The number of benzene rings is 1. The van der Waals surface area contributed by atoms with E-state index in [-0.39, 0.29) is 6.61 Å². The molecule has 1 aromatic heterocycles. The molecule has 0 amide bonds. The maximum Gasteiger partial charge on any atom is 0.337 e. The predicted molar refractivity (Wildman–Crippen MR) is 107 cm³/mol. The fourth-order valence-corrected chi connectivity index (χ4v) is 3.76. The summed E-state index contributed by atoms with van der Waals surface area (Å²) < 4.78 is 21.3. The van der Waals surface area contributed by atoms with Gasteiger partial charge in [-0.2, -0.15) is 0 Å². The van der Waals surface area contributed by atoms with Gasteiger partial charge in [-0.25, -0.2) is 4.79 Å². The summed E-state index contributed by atoms with van der Waals surface area (Å²) >= 11 is 0. The molecule has 1 fully saturated rings. The maximum atomic E-state index is 11.7. The largest absolute Gasteiger partial charge is 0.493 e. The van der Waals surface area contributed by atoms with Crippen molar-refractivity contribution in [3.8, 4) is 11.5 Å². The number of carbonyl (C=O) groups excluding carboxylic acids is 1. The fourth-order valence-electron chi connectivity index (χ4n) is 3.76. The van der Waals surface area contributed by atoms with E-state index in [0.29, 0.717) is 36.2 Å². The van der Waals surface area contributed by atoms with Gasteiger partial charge >= 0.3 is 5.97 Å². The molecule has 29 heavy (non-hydrogen) atoms. The van der Waals surface area contributed by atoms with Gasteiger partial charge in [0.05, 0.1) is 32.6 Å². The van der Waals surface area contributed by atoms with Crippen molar-refractivity contribution in [2.24, 2.45) is 0 Å². The van der Waals surface area contributed by atoms with Gasteiger partial charge in [0.1, 0.15) is 18.5 Å². The van der Waals surface area contributed by atoms with E-state index in [0.717, 1.165) is 18.6 Å². The van der Waals surface area contributed by atoms with Crippen LogP contribution in [0.15, 0.2) is 41.0 Å². The fraction of sp³-hybridized carbons (Fsp3) is 0.500. The second-order valence-corrected chi connectivity index (χ2v) is 7.27. The van der Waals surface area contributed by atoms with Gasteiger partial charge in [0.2, 0.25) is 0 Å². The number of nitrogens with zero attached hydrogens (tertiary/aromatic N) is 1. The van der Waals surface area contributed by atoms with Gasteiger partial charge in [-0.1, -0.05) is 12.8 Å². The van der Waals surface area contributed by atoms with Gasteiger partial charge in [-0.3, -0.25) is 4.90 Å². The van der Waals surface area contributed by atoms with Gasteiger partial charge in [0, 0.05) is 12.6 Å². The second kappa shape index (κ2) is 10.3. The van der Waals surface area contributed by atoms with Crippen LogP contribution in [-0.4, -0.2) is 55.5 Å². The molecular weight excluding hydrogens is 374 g/mol. The molecule has 7 heteroatoms. The van der Waals surface area contributed by atoms with E-state index in [1.807, 2.05) is 12.1 Å². The number of hydrogen-bond donors (Lipinski definition) is 1. The Morgan fingerprint density at radius 3 is 2.69 bits per heavy atom. The van der Waals surface area contributed by atoms with Gasteiger partial charge in [-0.15, -0.1) is 0 Å². The quantitative estimate of drug-likeness (QED) is 0.610. The third kappa shape index (κ3) is 5.74. The van der Waals surface area contributed by atoms with Crippen LogP contribution in [0, 0.1) is 0 Å². The number of aliphatic hydroxyl groups excluding tert-OH is 1. The standard InChI is InChI=1S/C22H29NO6/c1-26-21-12-16(22(25)27-2)9-10-20(21)29-15-18(24)13-23(17-6-3-4-7-17)14-19-8-5-11-28-19/h5,8-12,17-18,24H,3-4,6-7,13-15H2,1-2H3. The lowest BCUT2D eigenvalue weighted by atomic mass is 10.1. The first-order valence-electron chi connectivity index (χ1n) is 9.94. The molecule has 1 aromatic carbocycles. The Labute approximate surface area is 171 Å². The number of methoxy groups -OCH3 is 2. The molecule has 0 bridgehead atoms. The molecule has 1 atom stereocenters. The molecule has 1 unspecified atom stereocenters. The number of aliphatic hydroxyl groups is 1. The van der Waals surface area contributed by atoms with E-state index in [1.165, 1.54) is 27.1 Å². The monoisotopic (exact) mass is 403 g/mol. The highest BCUT2D eigenvalue weighted by Gasteiger charge is 2.25. The van der Waals surface area contributed by atoms with E-state index in [1.54, 1.807) is 24.5 Å². The van der Waals surface area contributed by atoms with Crippen LogP contribution in [0.5, 0.6) is 11.5 Å². The SMILES string of the molecule is COC(=O)c1ccc(OCC(O)CN(Cc2ccco2)C2CCCC2)c(OC)c1. The summed E-state index contributed by atoms with van der Waals surface area (Å²) in [5.74, 6) is 1.34. The Morgan fingerprint density at radius 2 is 2.03 bits per heavy atom. The van der Waals surface area contributed by atoms with Gasteiger partial charge in [0.25, 0.3) is 0 Å². The number of hydrogen-bond acceptors (Lipinski definition) is 7. The van der Waals surface area contributed by atoms with Crippen LogP contribution < -0.4 is 9.47 Å². The number of ether oxygens (including phenoxy) is 3. The number of carbonyl (C=O) groups is 1. The average molecular weight is 403 g/mol. The third-order valence-corrected chi connectivity index (χ3v) is 5.24. The summed E-state index contributed by atoms with van der Waals surface area (Å²) in [5, 5.41) is 10.6. The lowest BCUT2D eigenvalue weighted by Crippen LogP contribution is -2.40. The van der Waals surface area contributed by atoms with E-state index in [2.05, 4.69) is 4.90 Å². The van der Waals surface area contributed by atoms with Crippen LogP contribution >= 0.6 is 0 Å². The Balaban J connectivity index is 1.59. The lowest BCUT2D eigenvalue weighted by Gasteiger charge is -2.30. The molecule has 7 nitrogen and oxygen atoms in total. The van der Waals surface area contributed by atoms with Gasteiger partial charge < -0.3 is 23.7 Å². The molecule has 1 N–H and O–H groups in total. The maximum absolute atomic E-state index is 11.7. The summed E-state index contributed by atoms with van der Waals surface area (Å²) in [4.78, 5) is 13.9. The van der Waals surface area contributed by atoms with Crippen LogP contribution in [0.4, 0.5) is 0 Å². The number of esters is 1. The number of furan rings is 1. The van der Waals surface area contributed by atoms with Crippen molar-refractivity contribution in [3.63, 3.8) is 0 Å². The zero-order valence-corrected chi connectivity index (χ0v) is 17.0. The molecule has 1 aliphatic carbocycles. The van der Waals surface area contributed by atoms with Crippen molar-refractivity contribution in [2.75, 3.05) is 27.4 Å². The molecule has 1 saturated carbocycles. The highest BCUT2D eigenvalue weighted by molar-refractivity contribution is 5.90. The van der Waals surface area contributed by atoms with Gasteiger partial charge in [0.15, 0.2) is 11.5 Å². The molecule has 0 radical (unpaired) electrons. The van der Waals surface area contributed by atoms with E-state index in [4.69, 9.17) is 18.6 Å². The van der Waals surface area contributed by atoms with Crippen LogP contribution in [0.1, 0.15) is 41.8 Å². The molecule has 1 aliphatic rings. The summed E-state index contributed by atoms with van der Waals surface area (Å²) in [5.41, 5.74) is 0.378. The molecule has 0 saturated heterocycles. The molecule has 0 aliphatic heterocycles. The van der Waals surface area contributed by atoms with Crippen molar-refractivity contribution in [2.45, 2.75) is 44.4 Å². The zero-order chi connectivity index (χ0) is 20.6. The Bertz CT molecular complexity index is 770. The zero-order valence-electron chi connectivity index (χ0n) is 17.0. The summed E-state index contributed by atoms with van der Waals surface area (Å²) in [7, 11) is 2.83. The summed E-state index contributed by atoms with van der Waals surface area (Å²) in [6.45, 7) is 1.29. The Morgan fingerprint density at radius 1 is 1.24 bits per heavy atom. The third-order valence-electron chi connectivity index (χ3n) is 5.24. The minimum Gasteiger partial charge on any atom is -0.493 e. The molecule has 158 valence electrons. The van der Waals surface area contributed by atoms with Crippen molar-refractivity contribution in [1.29, 1.82) is 0 Å². The first kappa shape index (κ1) is 21.2. The van der Waals surface area contributed by atoms with E-state index < -0.39 is 12.1 Å². The van der Waals surface area contributed by atoms with Crippen LogP contribution in [-0.2, 0) is 11.3 Å². The molecule has 2 aromatic rings. The Hall–Kier alpha value is -2.51. The first-order valence-corrected chi connectivity index (χ1v) is 9.94. The van der Waals surface area contributed by atoms with Crippen LogP contribution in [0.3, 0.4) is 0 Å². The van der Waals surface area contributed by atoms with E-state index >= 15 is 0 Å². The highest BCUT2D eigenvalue weighted by Crippen LogP contribution is 2.29. The summed E-state index contributed by atoms with van der Waals surface area (Å²) in [6, 6.07) is 9.11. The molecule has 3 rings (SSSR count). The van der Waals surface area contributed by atoms with Crippen molar-refractivity contribution < 1.29 is 28.5 Å². The minimum absolute atomic E-state index is 0.120. The van der Waals surface area contributed by atoms with Crippen LogP contribution in [0.25, 0.3) is 0 Å². The van der Waals surface area contributed by atoms with Gasteiger partial charge in [-0.05, 0) is 43.2 Å². The Kier molecular flexibility index (Phi) is 7.55. The predicted octanol–water partition coefficient (Wildman–Crippen LogP) is 3.26. The normalized spacial score (nSPS) is 15.4. The van der Waals surface area contributed by atoms with E-state index in [9.17, 15) is 9.90 Å². The van der Waals surface area contributed by atoms with Crippen molar-refractivity contribution in [3.05, 3.63) is 47.9 Å². The average Bonchev–Trinajstić information content (AvgIpc) is 3.45. The number of rotatable bonds is 10. The van der Waals surface area contributed by atoms with Crippen molar-refractivity contribution in [1.82, 2.24) is 4.90 Å². The minimum atomic E-state index is -0.671. The molecular formula is C22H29NO6. The molecule has 0 spiro atoms. The lowest BCUT2D eigenvalue weighted by molar-refractivity contribution is 0.0456.